The second-order valence-corrected chi connectivity index (χ2v) is 5.87. The normalized spacial score (nSPS) is 17.2. The fraction of sp³-hybridized carbons (Fsp3) is 0.714. The van der Waals surface area contributed by atoms with Gasteiger partial charge in [-0.05, 0) is 41.1 Å². The topological polar surface area (TPSA) is 29.0 Å². The van der Waals surface area contributed by atoms with Crippen LogP contribution in [0.2, 0.25) is 0 Å². The van der Waals surface area contributed by atoms with Crippen molar-refractivity contribution >= 4 is 21.7 Å². The van der Waals surface area contributed by atoms with E-state index in [0.29, 0.717) is 0 Å². The molecule has 0 aliphatic carbocycles. The van der Waals surface area contributed by atoms with Gasteiger partial charge in [0.2, 0.25) is 0 Å². The minimum Gasteiger partial charge on any atom is -0.356 e. The number of nitrogens with zero attached hydrogens (tertiary/aromatic N) is 3. The number of aromatic nitrogens is 2. The van der Waals surface area contributed by atoms with Crippen LogP contribution in [-0.4, -0.2) is 23.1 Å². The highest BCUT2D eigenvalue weighted by atomic mass is 79.9. The van der Waals surface area contributed by atoms with Crippen molar-refractivity contribution in [1.29, 1.82) is 0 Å². The maximum atomic E-state index is 4.68. The van der Waals surface area contributed by atoms with Gasteiger partial charge in [-0.1, -0.05) is 20.3 Å². The van der Waals surface area contributed by atoms with Gasteiger partial charge in [-0.25, -0.2) is 9.97 Å². The number of piperidine rings is 1. The van der Waals surface area contributed by atoms with Gasteiger partial charge < -0.3 is 4.90 Å². The van der Waals surface area contributed by atoms with Crippen molar-refractivity contribution in [3.63, 3.8) is 0 Å². The Morgan fingerprint density at radius 3 is 2.61 bits per heavy atom. The Labute approximate surface area is 118 Å². The molecule has 1 saturated heterocycles. The molecule has 0 unspecified atom stereocenters. The van der Waals surface area contributed by atoms with Crippen LogP contribution in [0.1, 0.15) is 45.4 Å². The lowest BCUT2D eigenvalue weighted by molar-refractivity contribution is 0.393. The molecule has 0 N–H and O–H groups in total. The van der Waals surface area contributed by atoms with Crippen LogP contribution in [0.15, 0.2) is 10.7 Å². The van der Waals surface area contributed by atoms with E-state index in [2.05, 4.69) is 44.6 Å². The van der Waals surface area contributed by atoms with Crippen LogP contribution in [-0.2, 0) is 6.42 Å². The standard InChI is InChI=1S/C14H22BrN3/c1-3-5-13-16-12(15)10-14(17-13)18-8-6-11(4-2)7-9-18/h10-11H,3-9H2,1-2H3. The van der Waals surface area contributed by atoms with Crippen molar-refractivity contribution in [3.05, 3.63) is 16.5 Å². The van der Waals surface area contributed by atoms with E-state index in [1.165, 1.54) is 19.3 Å². The van der Waals surface area contributed by atoms with Gasteiger partial charge in [0, 0.05) is 25.6 Å². The van der Waals surface area contributed by atoms with E-state index in [0.717, 1.165) is 48.1 Å². The Balaban J connectivity index is 2.08. The Morgan fingerprint density at radius 1 is 1.28 bits per heavy atom. The molecule has 0 saturated carbocycles. The average molecular weight is 312 g/mol. The first-order chi connectivity index (χ1) is 8.72. The molecule has 1 aromatic heterocycles. The smallest absolute Gasteiger partial charge is 0.133 e. The van der Waals surface area contributed by atoms with E-state index in [1.54, 1.807) is 0 Å². The quantitative estimate of drug-likeness (QED) is 0.792. The summed E-state index contributed by atoms with van der Waals surface area (Å²) in [5, 5.41) is 0. The molecule has 100 valence electrons. The van der Waals surface area contributed by atoms with Crippen molar-refractivity contribution < 1.29 is 0 Å². The highest BCUT2D eigenvalue weighted by Crippen LogP contribution is 2.25. The van der Waals surface area contributed by atoms with Crippen LogP contribution in [0.3, 0.4) is 0 Å². The summed E-state index contributed by atoms with van der Waals surface area (Å²) < 4.78 is 0.911. The van der Waals surface area contributed by atoms with Crippen LogP contribution in [0.25, 0.3) is 0 Å². The Morgan fingerprint density at radius 2 is 2.00 bits per heavy atom. The van der Waals surface area contributed by atoms with Crippen LogP contribution in [0.5, 0.6) is 0 Å². The summed E-state index contributed by atoms with van der Waals surface area (Å²) in [6.07, 6.45) is 5.94. The van der Waals surface area contributed by atoms with Crippen molar-refractivity contribution in [1.82, 2.24) is 9.97 Å². The number of rotatable bonds is 4. The van der Waals surface area contributed by atoms with Crippen LogP contribution in [0.4, 0.5) is 5.82 Å². The maximum absolute atomic E-state index is 4.68. The summed E-state index contributed by atoms with van der Waals surface area (Å²) in [6, 6.07) is 2.05. The van der Waals surface area contributed by atoms with Crippen molar-refractivity contribution in [3.8, 4) is 0 Å². The van der Waals surface area contributed by atoms with Gasteiger partial charge in [0.1, 0.15) is 16.2 Å². The highest BCUT2D eigenvalue weighted by Gasteiger charge is 2.19. The lowest BCUT2D eigenvalue weighted by atomic mass is 9.94. The predicted molar refractivity (Wildman–Crippen MR) is 79.0 cm³/mol. The molecule has 3 nitrogen and oxygen atoms in total. The van der Waals surface area contributed by atoms with E-state index >= 15 is 0 Å². The number of halogens is 1. The lowest BCUT2D eigenvalue weighted by Gasteiger charge is -2.32. The monoisotopic (exact) mass is 311 g/mol. The minimum absolute atomic E-state index is 0.904. The lowest BCUT2D eigenvalue weighted by Crippen LogP contribution is -2.34. The van der Waals surface area contributed by atoms with Crippen LogP contribution in [0, 0.1) is 5.92 Å². The van der Waals surface area contributed by atoms with E-state index in [-0.39, 0.29) is 0 Å². The van der Waals surface area contributed by atoms with Gasteiger partial charge in [0.15, 0.2) is 0 Å². The summed E-state index contributed by atoms with van der Waals surface area (Å²) in [7, 11) is 0. The Bertz CT molecular complexity index is 387. The first-order valence-electron chi connectivity index (χ1n) is 7.01. The molecule has 2 rings (SSSR count). The molecule has 18 heavy (non-hydrogen) atoms. The number of hydrogen-bond acceptors (Lipinski definition) is 3. The molecule has 1 aliphatic heterocycles. The average Bonchev–Trinajstić information content (AvgIpc) is 2.38. The van der Waals surface area contributed by atoms with Crippen molar-refractivity contribution in [2.45, 2.75) is 46.0 Å². The number of aryl methyl sites for hydroxylation is 1. The highest BCUT2D eigenvalue weighted by molar-refractivity contribution is 9.10. The summed E-state index contributed by atoms with van der Waals surface area (Å²) in [6.45, 7) is 6.72. The van der Waals surface area contributed by atoms with E-state index < -0.39 is 0 Å². The van der Waals surface area contributed by atoms with Crippen LogP contribution >= 0.6 is 15.9 Å². The molecule has 2 heterocycles. The molecule has 1 aromatic rings. The summed E-state index contributed by atoms with van der Waals surface area (Å²) in [5.74, 6) is 2.95. The summed E-state index contributed by atoms with van der Waals surface area (Å²) in [5.41, 5.74) is 0. The van der Waals surface area contributed by atoms with Crippen molar-refractivity contribution in [2.75, 3.05) is 18.0 Å². The van der Waals surface area contributed by atoms with Gasteiger partial charge >= 0.3 is 0 Å². The SMILES string of the molecule is CCCc1nc(Br)cc(N2CCC(CC)CC2)n1. The van der Waals surface area contributed by atoms with E-state index in [4.69, 9.17) is 0 Å². The Kier molecular flexibility index (Phi) is 4.98. The molecule has 0 spiro atoms. The fourth-order valence-corrected chi connectivity index (χ4v) is 2.93. The molecule has 0 radical (unpaired) electrons. The van der Waals surface area contributed by atoms with Crippen LogP contribution < -0.4 is 4.90 Å². The maximum Gasteiger partial charge on any atom is 0.133 e. The molecule has 0 aromatic carbocycles. The van der Waals surface area contributed by atoms with E-state index in [1.807, 2.05) is 6.07 Å². The molecule has 4 heteroatoms. The first-order valence-corrected chi connectivity index (χ1v) is 7.80. The van der Waals surface area contributed by atoms with Gasteiger partial charge in [-0.15, -0.1) is 0 Å². The van der Waals surface area contributed by atoms with E-state index in [9.17, 15) is 0 Å². The largest absolute Gasteiger partial charge is 0.356 e. The van der Waals surface area contributed by atoms with Gasteiger partial charge in [-0.3, -0.25) is 0 Å². The molecular formula is C14H22BrN3. The van der Waals surface area contributed by atoms with Gasteiger partial charge in [0.05, 0.1) is 0 Å². The molecule has 0 bridgehead atoms. The predicted octanol–water partition coefficient (Wildman–Crippen LogP) is 3.82. The Hall–Kier alpha value is -0.640. The number of anilines is 1. The molecule has 1 aliphatic rings. The second-order valence-electron chi connectivity index (χ2n) is 5.05. The first kappa shape index (κ1) is 13.8. The second kappa shape index (κ2) is 6.50. The zero-order valence-electron chi connectivity index (χ0n) is 11.3. The molecule has 1 fully saturated rings. The zero-order chi connectivity index (χ0) is 13.0. The molecule has 0 atom stereocenters. The van der Waals surface area contributed by atoms with Crippen molar-refractivity contribution in [2.24, 2.45) is 5.92 Å². The van der Waals surface area contributed by atoms with Gasteiger partial charge in [0.25, 0.3) is 0 Å². The third-order valence-corrected chi connectivity index (χ3v) is 4.12. The zero-order valence-corrected chi connectivity index (χ0v) is 12.9. The number of hydrogen-bond donors (Lipinski definition) is 0. The molecule has 0 amide bonds. The fourth-order valence-electron chi connectivity index (χ4n) is 2.52. The van der Waals surface area contributed by atoms with Gasteiger partial charge in [-0.2, -0.15) is 0 Å². The summed E-state index contributed by atoms with van der Waals surface area (Å²) >= 11 is 3.50. The summed E-state index contributed by atoms with van der Waals surface area (Å²) in [4.78, 5) is 11.5. The third kappa shape index (κ3) is 3.44. The molecular weight excluding hydrogens is 290 g/mol. The minimum atomic E-state index is 0.904. The third-order valence-electron chi connectivity index (χ3n) is 3.72.